The van der Waals surface area contributed by atoms with Crippen LogP contribution in [0.1, 0.15) is 19.3 Å². The number of methoxy groups -OCH3 is 1. The second kappa shape index (κ2) is 8.24. The number of hydrogen-bond acceptors (Lipinski definition) is 4. The van der Waals surface area contributed by atoms with E-state index < -0.39 is 0 Å². The van der Waals surface area contributed by atoms with Crippen molar-refractivity contribution in [3.05, 3.63) is 24.3 Å². The van der Waals surface area contributed by atoms with Gasteiger partial charge in [-0.25, -0.2) is 4.79 Å². The van der Waals surface area contributed by atoms with Gasteiger partial charge in [0.25, 0.3) is 0 Å². The van der Waals surface area contributed by atoms with E-state index >= 15 is 0 Å². The SMILES string of the molecule is COc1ccccc1N1CCN(CCCNC(=O)NC2CC2)CC1. The van der Waals surface area contributed by atoms with Crippen LogP contribution >= 0.6 is 0 Å². The number of carbonyl (C=O) groups is 1. The summed E-state index contributed by atoms with van der Waals surface area (Å²) in [6.45, 7) is 5.89. The van der Waals surface area contributed by atoms with Gasteiger partial charge in [0, 0.05) is 38.8 Å². The van der Waals surface area contributed by atoms with E-state index in [2.05, 4.69) is 32.6 Å². The van der Waals surface area contributed by atoms with E-state index in [0.717, 1.165) is 64.3 Å². The van der Waals surface area contributed by atoms with E-state index in [0.29, 0.717) is 6.04 Å². The smallest absolute Gasteiger partial charge is 0.315 e. The Kier molecular flexibility index (Phi) is 5.80. The molecule has 0 unspecified atom stereocenters. The molecule has 6 nitrogen and oxygen atoms in total. The number of piperazine rings is 1. The molecule has 2 N–H and O–H groups in total. The summed E-state index contributed by atoms with van der Waals surface area (Å²) in [6, 6.07) is 8.61. The van der Waals surface area contributed by atoms with Crippen molar-refractivity contribution in [2.24, 2.45) is 0 Å². The minimum Gasteiger partial charge on any atom is -0.495 e. The van der Waals surface area contributed by atoms with Gasteiger partial charge in [0.2, 0.25) is 0 Å². The van der Waals surface area contributed by atoms with Crippen molar-refractivity contribution in [3.63, 3.8) is 0 Å². The molecule has 132 valence electrons. The highest BCUT2D eigenvalue weighted by atomic mass is 16.5. The summed E-state index contributed by atoms with van der Waals surface area (Å²) in [4.78, 5) is 16.4. The first-order valence-corrected chi connectivity index (χ1v) is 8.91. The lowest BCUT2D eigenvalue weighted by molar-refractivity contribution is 0.235. The van der Waals surface area contributed by atoms with Crippen molar-refractivity contribution in [2.75, 3.05) is 51.3 Å². The van der Waals surface area contributed by atoms with Gasteiger partial charge in [-0.3, -0.25) is 4.90 Å². The summed E-state index contributed by atoms with van der Waals surface area (Å²) in [5, 5.41) is 5.88. The standard InChI is InChI=1S/C18H28N4O2/c1-24-17-6-3-2-5-16(17)22-13-11-21(12-14-22)10-4-9-19-18(23)20-15-7-8-15/h2-3,5-6,15H,4,7-14H2,1H3,(H2,19,20,23). The average molecular weight is 332 g/mol. The molecule has 0 bridgehead atoms. The number of para-hydroxylation sites is 2. The molecule has 2 aliphatic rings. The zero-order valence-electron chi connectivity index (χ0n) is 14.5. The maximum atomic E-state index is 11.6. The number of amides is 2. The fraction of sp³-hybridized carbons (Fsp3) is 0.611. The van der Waals surface area contributed by atoms with Crippen LogP contribution in [0.3, 0.4) is 0 Å². The molecule has 1 saturated carbocycles. The first-order chi connectivity index (χ1) is 11.8. The fourth-order valence-electron chi connectivity index (χ4n) is 3.07. The van der Waals surface area contributed by atoms with E-state index in [1.807, 2.05) is 12.1 Å². The van der Waals surface area contributed by atoms with Crippen LogP contribution in [0, 0.1) is 0 Å². The molecule has 1 saturated heterocycles. The van der Waals surface area contributed by atoms with Crippen molar-refractivity contribution >= 4 is 11.7 Å². The van der Waals surface area contributed by atoms with Crippen LogP contribution in [-0.2, 0) is 0 Å². The molecule has 3 rings (SSSR count). The number of nitrogens with one attached hydrogen (secondary N) is 2. The molecule has 0 radical (unpaired) electrons. The van der Waals surface area contributed by atoms with Crippen molar-refractivity contribution in [1.82, 2.24) is 15.5 Å². The Morgan fingerprint density at radius 1 is 1.21 bits per heavy atom. The number of ether oxygens (including phenoxy) is 1. The van der Waals surface area contributed by atoms with Crippen LogP contribution in [0.2, 0.25) is 0 Å². The van der Waals surface area contributed by atoms with E-state index in [4.69, 9.17) is 4.74 Å². The van der Waals surface area contributed by atoms with E-state index in [9.17, 15) is 4.79 Å². The van der Waals surface area contributed by atoms with Gasteiger partial charge in [-0.1, -0.05) is 12.1 Å². The predicted octanol–water partition coefficient (Wildman–Crippen LogP) is 1.67. The molecule has 1 aromatic rings. The Labute approximate surface area is 144 Å². The van der Waals surface area contributed by atoms with Gasteiger partial charge in [-0.2, -0.15) is 0 Å². The van der Waals surface area contributed by atoms with Crippen molar-refractivity contribution < 1.29 is 9.53 Å². The Balaban J connectivity index is 1.34. The summed E-state index contributed by atoms with van der Waals surface area (Å²) in [5.74, 6) is 0.942. The summed E-state index contributed by atoms with van der Waals surface area (Å²) >= 11 is 0. The highest BCUT2D eigenvalue weighted by molar-refractivity contribution is 5.74. The lowest BCUT2D eigenvalue weighted by atomic mass is 10.2. The molecule has 0 atom stereocenters. The van der Waals surface area contributed by atoms with Crippen molar-refractivity contribution in [3.8, 4) is 5.75 Å². The third-order valence-corrected chi connectivity index (χ3v) is 4.65. The third-order valence-electron chi connectivity index (χ3n) is 4.65. The number of nitrogens with zero attached hydrogens (tertiary/aromatic N) is 2. The van der Waals surface area contributed by atoms with E-state index in [1.165, 1.54) is 5.69 Å². The number of benzene rings is 1. The topological polar surface area (TPSA) is 56.8 Å². The first kappa shape index (κ1) is 16.9. The minimum absolute atomic E-state index is 0.0153. The van der Waals surface area contributed by atoms with Gasteiger partial charge in [-0.15, -0.1) is 0 Å². The molecule has 0 aromatic heterocycles. The lowest BCUT2D eigenvalue weighted by Gasteiger charge is -2.36. The molecule has 1 aliphatic carbocycles. The molecule has 2 amide bonds. The maximum absolute atomic E-state index is 11.6. The number of hydrogen-bond donors (Lipinski definition) is 2. The summed E-state index contributed by atoms with van der Waals surface area (Å²) in [5.41, 5.74) is 1.18. The summed E-state index contributed by atoms with van der Waals surface area (Å²) < 4.78 is 5.46. The highest BCUT2D eigenvalue weighted by Gasteiger charge is 2.23. The van der Waals surface area contributed by atoms with Gasteiger partial charge >= 0.3 is 6.03 Å². The molecule has 1 aromatic carbocycles. The van der Waals surface area contributed by atoms with Crippen LogP contribution in [0.15, 0.2) is 24.3 Å². The first-order valence-electron chi connectivity index (χ1n) is 8.91. The van der Waals surface area contributed by atoms with Crippen LogP contribution in [-0.4, -0.2) is 63.4 Å². The Morgan fingerprint density at radius 2 is 1.96 bits per heavy atom. The Hall–Kier alpha value is -1.95. The van der Waals surface area contributed by atoms with Crippen LogP contribution in [0.4, 0.5) is 10.5 Å². The number of rotatable bonds is 7. The molecule has 1 aliphatic heterocycles. The van der Waals surface area contributed by atoms with Gasteiger partial charge in [0.1, 0.15) is 5.75 Å². The molecule has 6 heteroatoms. The third kappa shape index (κ3) is 4.77. The Morgan fingerprint density at radius 3 is 2.67 bits per heavy atom. The van der Waals surface area contributed by atoms with Crippen LogP contribution < -0.4 is 20.3 Å². The quantitative estimate of drug-likeness (QED) is 0.746. The number of urea groups is 1. The maximum Gasteiger partial charge on any atom is 0.315 e. The van der Waals surface area contributed by atoms with Crippen LogP contribution in [0.5, 0.6) is 5.75 Å². The average Bonchev–Trinajstić information content (AvgIpc) is 3.43. The van der Waals surface area contributed by atoms with E-state index in [-0.39, 0.29) is 6.03 Å². The fourth-order valence-corrected chi connectivity index (χ4v) is 3.07. The van der Waals surface area contributed by atoms with Gasteiger partial charge in [0.05, 0.1) is 12.8 Å². The van der Waals surface area contributed by atoms with Gasteiger partial charge in [-0.05, 0) is 37.9 Å². The lowest BCUT2D eigenvalue weighted by Crippen LogP contribution is -2.47. The molecule has 0 spiro atoms. The van der Waals surface area contributed by atoms with Gasteiger partial charge in [0.15, 0.2) is 0 Å². The molecular formula is C18H28N4O2. The minimum atomic E-state index is -0.0153. The molecular weight excluding hydrogens is 304 g/mol. The second-order valence-corrected chi connectivity index (χ2v) is 6.53. The molecule has 2 fully saturated rings. The monoisotopic (exact) mass is 332 g/mol. The largest absolute Gasteiger partial charge is 0.495 e. The predicted molar refractivity (Wildman–Crippen MR) is 95.8 cm³/mol. The summed E-state index contributed by atoms with van der Waals surface area (Å²) in [6.07, 6.45) is 3.25. The normalized spacial score (nSPS) is 18.3. The Bertz CT molecular complexity index is 540. The van der Waals surface area contributed by atoms with E-state index in [1.54, 1.807) is 7.11 Å². The summed E-state index contributed by atoms with van der Waals surface area (Å²) in [7, 11) is 1.72. The number of anilines is 1. The molecule has 1 heterocycles. The van der Waals surface area contributed by atoms with Crippen molar-refractivity contribution in [1.29, 1.82) is 0 Å². The highest BCUT2D eigenvalue weighted by Crippen LogP contribution is 2.28. The van der Waals surface area contributed by atoms with Crippen LogP contribution in [0.25, 0.3) is 0 Å². The van der Waals surface area contributed by atoms with Crippen molar-refractivity contribution in [2.45, 2.75) is 25.3 Å². The number of carbonyl (C=O) groups excluding carboxylic acids is 1. The zero-order chi connectivity index (χ0) is 16.8. The molecule has 24 heavy (non-hydrogen) atoms. The van der Waals surface area contributed by atoms with Gasteiger partial charge < -0.3 is 20.3 Å². The second-order valence-electron chi connectivity index (χ2n) is 6.53. The zero-order valence-corrected chi connectivity index (χ0v) is 14.5.